The van der Waals surface area contributed by atoms with Gasteiger partial charge in [0, 0.05) is 28.3 Å². The molecule has 3 rings (SSSR count). The highest BCUT2D eigenvalue weighted by molar-refractivity contribution is 9.10. The number of hydrogen-bond acceptors (Lipinski definition) is 4. The van der Waals surface area contributed by atoms with Crippen molar-refractivity contribution in [1.82, 2.24) is 4.90 Å². The summed E-state index contributed by atoms with van der Waals surface area (Å²) in [5, 5.41) is 2.79. The first-order chi connectivity index (χ1) is 13.5. The molecule has 0 aromatic heterocycles. The molecule has 2 aromatic rings. The molecule has 0 spiro atoms. The number of carbonyl (C=O) groups excluding carboxylic acids is 2. The number of ether oxygens (including phenoxy) is 2. The summed E-state index contributed by atoms with van der Waals surface area (Å²) in [5.74, 6) is 0.895. The SMILES string of the molecule is CCN(CC(=O)Nc1cccc(OC)c1)C(=O)C1=Cc2cc(Br)ccc2OC1. The number of fused-ring (bicyclic) bond motifs is 1. The van der Waals surface area contributed by atoms with Crippen molar-refractivity contribution in [3.8, 4) is 11.5 Å². The van der Waals surface area contributed by atoms with Gasteiger partial charge in [-0.15, -0.1) is 0 Å². The van der Waals surface area contributed by atoms with Crippen LogP contribution in [0.1, 0.15) is 12.5 Å². The summed E-state index contributed by atoms with van der Waals surface area (Å²) >= 11 is 3.42. The average molecular weight is 445 g/mol. The van der Waals surface area contributed by atoms with E-state index in [1.165, 1.54) is 4.90 Å². The molecule has 2 amide bonds. The van der Waals surface area contributed by atoms with Crippen molar-refractivity contribution in [2.45, 2.75) is 6.92 Å². The fraction of sp³-hybridized carbons (Fsp3) is 0.238. The van der Waals surface area contributed by atoms with Gasteiger partial charge in [-0.25, -0.2) is 0 Å². The molecule has 6 nitrogen and oxygen atoms in total. The predicted octanol–water partition coefficient (Wildman–Crippen LogP) is 3.72. The van der Waals surface area contributed by atoms with Gasteiger partial charge in [0.2, 0.25) is 5.91 Å². The van der Waals surface area contributed by atoms with E-state index < -0.39 is 0 Å². The van der Waals surface area contributed by atoms with Gasteiger partial charge in [0.1, 0.15) is 24.7 Å². The third-order valence-corrected chi connectivity index (χ3v) is 4.81. The average Bonchev–Trinajstić information content (AvgIpc) is 2.71. The van der Waals surface area contributed by atoms with Crippen molar-refractivity contribution in [1.29, 1.82) is 0 Å². The standard InChI is InChI=1S/C21H21BrN2O4/c1-3-24(12-20(25)23-17-5-4-6-18(11-17)27-2)21(26)15-9-14-10-16(22)7-8-19(14)28-13-15/h4-11H,3,12-13H2,1-2H3,(H,23,25). The molecule has 0 radical (unpaired) electrons. The topological polar surface area (TPSA) is 67.9 Å². The molecular formula is C21H21BrN2O4. The van der Waals surface area contributed by atoms with E-state index >= 15 is 0 Å². The van der Waals surface area contributed by atoms with Gasteiger partial charge in [-0.3, -0.25) is 9.59 Å². The van der Waals surface area contributed by atoms with Crippen molar-refractivity contribution in [2.75, 3.05) is 32.1 Å². The van der Waals surface area contributed by atoms with Gasteiger partial charge in [-0.2, -0.15) is 0 Å². The van der Waals surface area contributed by atoms with Gasteiger partial charge in [-0.05, 0) is 43.3 Å². The summed E-state index contributed by atoms with van der Waals surface area (Å²) in [5.41, 5.74) is 1.97. The van der Waals surface area contributed by atoms with Crippen LogP contribution in [0.2, 0.25) is 0 Å². The third-order valence-electron chi connectivity index (χ3n) is 4.32. The highest BCUT2D eigenvalue weighted by Gasteiger charge is 2.23. The zero-order valence-electron chi connectivity index (χ0n) is 15.7. The van der Waals surface area contributed by atoms with Crippen LogP contribution in [0, 0.1) is 0 Å². The zero-order chi connectivity index (χ0) is 20.1. The fourth-order valence-electron chi connectivity index (χ4n) is 2.88. The first-order valence-corrected chi connectivity index (χ1v) is 9.65. The van der Waals surface area contributed by atoms with E-state index in [0.29, 0.717) is 23.6 Å². The molecule has 28 heavy (non-hydrogen) atoms. The van der Waals surface area contributed by atoms with Gasteiger partial charge in [-0.1, -0.05) is 22.0 Å². The molecule has 0 unspecified atom stereocenters. The number of nitrogens with one attached hydrogen (secondary N) is 1. The van der Waals surface area contributed by atoms with Gasteiger partial charge in [0.05, 0.1) is 12.7 Å². The summed E-state index contributed by atoms with van der Waals surface area (Å²) < 4.78 is 11.7. The Bertz CT molecular complexity index is 926. The van der Waals surface area contributed by atoms with Gasteiger partial charge in [0.25, 0.3) is 5.91 Å². The van der Waals surface area contributed by atoms with Gasteiger partial charge in [0.15, 0.2) is 0 Å². The molecule has 1 aliphatic rings. The second-order valence-corrected chi connectivity index (χ2v) is 7.16. The van der Waals surface area contributed by atoms with E-state index in [4.69, 9.17) is 9.47 Å². The number of likely N-dealkylation sites (N-methyl/N-ethyl adjacent to an activating group) is 1. The minimum Gasteiger partial charge on any atom is -0.497 e. The largest absolute Gasteiger partial charge is 0.497 e. The maximum absolute atomic E-state index is 12.9. The first-order valence-electron chi connectivity index (χ1n) is 8.86. The molecule has 146 valence electrons. The molecule has 1 N–H and O–H groups in total. The first kappa shape index (κ1) is 19.9. The molecule has 0 bridgehead atoms. The monoisotopic (exact) mass is 444 g/mol. The molecule has 7 heteroatoms. The highest BCUT2D eigenvalue weighted by Crippen LogP contribution is 2.29. The lowest BCUT2D eigenvalue weighted by Crippen LogP contribution is -2.39. The predicted molar refractivity (Wildman–Crippen MR) is 111 cm³/mol. The van der Waals surface area contributed by atoms with Crippen LogP contribution in [-0.4, -0.2) is 43.5 Å². The van der Waals surface area contributed by atoms with E-state index in [-0.39, 0.29) is 25.0 Å². The van der Waals surface area contributed by atoms with Crippen molar-refractivity contribution < 1.29 is 19.1 Å². The summed E-state index contributed by atoms with van der Waals surface area (Å²) in [6.45, 7) is 2.38. The molecule has 0 saturated carbocycles. The molecular weight excluding hydrogens is 424 g/mol. The van der Waals surface area contributed by atoms with Crippen molar-refractivity contribution in [3.63, 3.8) is 0 Å². The molecule has 1 aliphatic heterocycles. The molecule has 0 saturated heterocycles. The number of anilines is 1. The lowest BCUT2D eigenvalue weighted by molar-refractivity contribution is -0.131. The number of rotatable bonds is 6. The van der Waals surface area contributed by atoms with Crippen molar-refractivity contribution >= 4 is 39.5 Å². The smallest absolute Gasteiger partial charge is 0.253 e. The minimum atomic E-state index is -0.274. The molecule has 1 heterocycles. The Morgan fingerprint density at radius 3 is 2.82 bits per heavy atom. The van der Waals surface area contributed by atoms with Crippen LogP contribution in [-0.2, 0) is 9.59 Å². The van der Waals surface area contributed by atoms with Crippen LogP contribution in [0.4, 0.5) is 5.69 Å². The quantitative estimate of drug-likeness (QED) is 0.736. The Labute approximate surface area is 172 Å². The van der Waals surface area contributed by atoms with Crippen LogP contribution in [0.15, 0.2) is 52.5 Å². The Hall–Kier alpha value is -2.80. The zero-order valence-corrected chi connectivity index (χ0v) is 17.3. The maximum atomic E-state index is 12.9. The Kier molecular flexibility index (Phi) is 6.36. The van der Waals surface area contributed by atoms with Crippen LogP contribution >= 0.6 is 15.9 Å². The molecule has 2 aromatic carbocycles. The van der Waals surface area contributed by atoms with Crippen molar-refractivity contribution in [2.24, 2.45) is 0 Å². The lowest BCUT2D eigenvalue weighted by Gasteiger charge is -2.24. The number of amides is 2. The van der Waals surface area contributed by atoms with E-state index in [9.17, 15) is 9.59 Å². The second-order valence-electron chi connectivity index (χ2n) is 6.24. The normalized spacial score (nSPS) is 12.3. The van der Waals surface area contributed by atoms with E-state index in [2.05, 4.69) is 21.2 Å². The summed E-state index contributed by atoms with van der Waals surface area (Å²) in [6.07, 6.45) is 1.81. The number of carbonyl (C=O) groups is 2. The van der Waals surface area contributed by atoms with E-state index in [0.717, 1.165) is 15.8 Å². The second kappa shape index (κ2) is 8.93. The van der Waals surface area contributed by atoms with E-state index in [1.54, 1.807) is 31.4 Å². The van der Waals surface area contributed by atoms with Crippen LogP contribution in [0.5, 0.6) is 11.5 Å². The number of methoxy groups -OCH3 is 1. The summed E-state index contributed by atoms with van der Waals surface area (Å²) in [7, 11) is 1.56. The summed E-state index contributed by atoms with van der Waals surface area (Å²) in [6, 6.07) is 12.7. The molecule has 0 aliphatic carbocycles. The Morgan fingerprint density at radius 1 is 1.25 bits per heavy atom. The van der Waals surface area contributed by atoms with Crippen LogP contribution in [0.3, 0.4) is 0 Å². The maximum Gasteiger partial charge on any atom is 0.253 e. The number of hydrogen-bond donors (Lipinski definition) is 1. The Morgan fingerprint density at radius 2 is 2.07 bits per heavy atom. The fourth-order valence-corrected chi connectivity index (χ4v) is 3.26. The highest BCUT2D eigenvalue weighted by atomic mass is 79.9. The lowest BCUT2D eigenvalue weighted by atomic mass is 10.1. The van der Waals surface area contributed by atoms with E-state index in [1.807, 2.05) is 31.2 Å². The molecule has 0 atom stereocenters. The Balaban J connectivity index is 1.69. The van der Waals surface area contributed by atoms with Crippen LogP contribution < -0.4 is 14.8 Å². The minimum absolute atomic E-state index is 0.0464. The number of nitrogens with zero attached hydrogens (tertiary/aromatic N) is 1. The van der Waals surface area contributed by atoms with Gasteiger partial charge >= 0.3 is 0 Å². The molecule has 0 fully saturated rings. The van der Waals surface area contributed by atoms with Gasteiger partial charge < -0.3 is 19.7 Å². The third kappa shape index (κ3) is 4.72. The number of halogens is 1. The van der Waals surface area contributed by atoms with Crippen LogP contribution in [0.25, 0.3) is 6.08 Å². The summed E-state index contributed by atoms with van der Waals surface area (Å²) in [4.78, 5) is 26.8. The number of benzene rings is 2. The van der Waals surface area contributed by atoms with Crippen molar-refractivity contribution in [3.05, 3.63) is 58.1 Å².